The normalized spacial score (nSPS) is 11.0. The fourth-order valence-corrected chi connectivity index (χ4v) is 3.45. The van der Waals surface area contributed by atoms with Crippen LogP contribution < -0.4 is 5.43 Å². The summed E-state index contributed by atoms with van der Waals surface area (Å²) in [7, 11) is 0. The lowest BCUT2D eigenvalue weighted by Gasteiger charge is -2.13. The van der Waals surface area contributed by atoms with Crippen LogP contribution in [0.25, 0.3) is 11.0 Å². The molecule has 0 spiro atoms. The molecule has 144 valence electrons. The molecule has 4 aromatic rings. The van der Waals surface area contributed by atoms with Crippen molar-refractivity contribution in [2.24, 2.45) is 0 Å². The van der Waals surface area contributed by atoms with Crippen molar-refractivity contribution in [2.45, 2.75) is 13.5 Å². The first-order valence-corrected chi connectivity index (χ1v) is 9.36. The van der Waals surface area contributed by atoms with Crippen LogP contribution in [0.2, 0.25) is 5.02 Å². The predicted molar refractivity (Wildman–Crippen MR) is 111 cm³/mol. The maximum Gasteiger partial charge on any atom is 0.202 e. The molecule has 0 saturated carbocycles. The Kier molecular flexibility index (Phi) is 4.99. The van der Waals surface area contributed by atoms with Crippen LogP contribution in [0.5, 0.6) is 0 Å². The number of hydrogen-bond donors (Lipinski definition) is 0. The second kappa shape index (κ2) is 7.60. The number of benzene rings is 2. The number of ketones is 1. The van der Waals surface area contributed by atoms with Gasteiger partial charge in [-0.05, 0) is 48.9 Å². The van der Waals surface area contributed by atoms with Gasteiger partial charge in [0.2, 0.25) is 5.43 Å². The summed E-state index contributed by atoms with van der Waals surface area (Å²) in [6.45, 7) is 2.09. The SMILES string of the molecule is Cc1ccc2c(=O)c(C(=O)c3cccc(Cl)c3)cn(Cc3cccc(F)c3)c2n1. The van der Waals surface area contributed by atoms with E-state index in [2.05, 4.69) is 4.98 Å². The molecular formula is C23H16ClFN2O2. The van der Waals surface area contributed by atoms with E-state index in [9.17, 15) is 14.0 Å². The smallest absolute Gasteiger partial charge is 0.202 e. The minimum atomic E-state index is -0.423. The number of carbonyl (C=O) groups is 1. The van der Waals surface area contributed by atoms with Crippen LogP contribution in [0.3, 0.4) is 0 Å². The maximum absolute atomic E-state index is 13.6. The Balaban J connectivity index is 1.92. The summed E-state index contributed by atoms with van der Waals surface area (Å²) in [5.74, 6) is -0.778. The van der Waals surface area contributed by atoms with Gasteiger partial charge in [-0.2, -0.15) is 0 Å². The van der Waals surface area contributed by atoms with Crippen molar-refractivity contribution in [3.05, 3.63) is 110 Å². The molecule has 2 aromatic carbocycles. The van der Waals surface area contributed by atoms with Crippen molar-refractivity contribution in [1.82, 2.24) is 9.55 Å². The Labute approximate surface area is 171 Å². The Morgan fingerprint density at radius 1 is 1.10 bits per heavy atom. The Morgan fingerprint density at radius 2 is 1.90 bits per heavy atom. The molecule has 0 aliphatic heterocycles. The minimum absolute atomic E-state index is 0.0156. The van der Waals surface area contributed by atoms with Gasteiger partial charge in [0.1, 0.15) is 11.5 Å². The molecule has 0 N–H and O–H groups in total. The molecule has 2 heterocycles. The average molecular weight is 407 g/mol. The summed E-state index contributed by atoms with van der Waals surface area (Å²) in [5, 5.41) is 0.744. The summed E-state index contributed by atoms with van der Waals surface area (Å²) in [6.07, 6.45) is 1.49. The quantitative estimate of drug-likeness (QED) is 0.458. The van der Waals surface area contributed by atoms with E-state index in [0.717, 1.165) is 5.69 Å². The Morgan fingerprint density at radius 3 is 2.66 bits per heavy atom. The van der Waals surface area contributed by atoms with E-state index < -0.39 is 11.2 Å². The van der Waals surface area contributed by atoms with Gasteiger partial charge in [-0.3, -0.25) is 9.59 Å². The molecule has 0 bridgehead atoms. The lowest BCUT2D eigenvalue weighted by molar-refractivity contribution is 0.103. The zero-order valence-electron chi connectivity index (χ0n) is 15.5. The lowest BCUT2D eigenvalue weighted by atomic mass is 10.0. The Hall–Kier alpha value is -3.31. The number of aryl methyl sites for hydroxylation is 1. The number of halogens is 2. The van der Waals surface area contributed by atoms with Gasteiger partial charge in [0.05, 0.1) is 10.9 Å². The monoisotopic (exact) mass is 406 g/mol. The van der Waals surface area contributed by atoms with Gasteiger partial charge in [0.25, 0.3) is 0 Å². The van der Waals surface area contributed by atoms with E-state index in [1.54, 1.807) is 47.0 Å². The fourth-order valence-electron chi connectivity index (χ4n) is 3.26. The lowest BCUT2D eigenvalue weighted by Crippen LogP contribution is -2.21. The van der Waals surface area contributed by atoms with Gasteiger partial charge in [0, 0.05) is 29.0 Å². The molecule has 29 heavy (non-hydrogen) atoms. The van der Waals surface area contributed by atoms with Gasteiger partial charge in [0.15, 0.2) is 5.78 Å². The predicted octanol–water partition coefficient (Wildman–Crippen LogP) is 4.78. The number of aromatic nitrogens is 2. The van der Waals surface area contributed by atoms with Crippen molar-refractivity contribution in [1.29, 1.82) is 0 Å². The van der Waals surface area contributed by atoms with Crippen LogP contribution in [-0.2, 0) is 6.54 Å². The zero-order chi connectivity index (χ0) is 20.5. The molecule has 0 aliphatic rings. The number of pyridine rings is 2. The van der Waals surface area contributed by atoms with Gasteiger partial charge in [-0.1, -0.05) is 35.9 Å². The minimum Gasteiger partial charge on any atom is -0.327 e. The molecule has 0 fully saturated rings. The summed E-state index contributed by atoms with van der Waals surface area (Å²) < 4.78 is 15.3. The molecule has 0 radical (unpaired) electrons. The van der Waals surface area contributed by atoms with Crippen molar-refractivity contribution < 1.29 is 9.18 Å². The van der Waals surface area contributed by atoms with Crippen LogP contribution in [0.4, 0.5) is 4.39 Å². The Bertz CT molecular complexity index is 1310. The van der Waals surface area contributed by atoms with Crippen molar-refractivity contribution >= 4 is 28.4 Å². The first-order chi connectivity index (χ1) is 13.9. The molecule has 2 aromatic heterocycles. The van der Waals surface area contributed by atoms with E-state index in [1.165, 1.54) is 24.4 Å². The summed E-state index contributed by atoms with van der Waals surface area (Å²) in [5.41, 5.74) is 1.82. The number of nitrogens with zero attached hydrogens (tertiary/aromatic N) is 2. The van der Waals surface area contributed by atoms with E-state index >= 15 is 0 Å². The highest BCUT2D eigenvalue weighted by molar-refractivity contribution is 6.31. The maximum atomic E-state index is 13.6. The zero-order valence-corrected chi connectivity index (χ0v) is 16.3. The number of rotatable bonds is 4. The molecule has 0 amide bonds. The molecule has 4 nitrogen and oxygen atoms in total. The summed E-state index contributed by atoms with van der Waals surface area (Å²) >= 11 is 6.00. The van der Waals surface area contributed by atoms with Gasteiger partial charge >= 0.3 is 0 Å². The highest BCUT2D eigenvalue weighted by atomic mass is 35.5. The number of carbonyl (C=O) groups excluding carboxylic acids is 1. The second-order valence-electron chi connectivity index (χ2n) is 6.79. The van der Waals surface area contributed by atoms with Crippen LogP contribution in [0.1, 0.15) is 27.2 Å². The highest BCUT2D eigenvalue weighted by Crippen LogP contribution is 2.18. The second-order valence-corrected chi connectivity index (χ2v) is 7.23. The van der Waals surface area contributed by atoms with Gasteiger partial charge in [-0.15, -0.1) is 0 Å². The number of fused-ring (bicyclic) bond motifs is 1. The first-order valence-electron chi connectivity index (χ1n) is 8.98. The standard InChI is InChI=1S/C23H16ClFN2O2/c1-14-8-9-19-22(29)20(21(28)16-5-3-6-17(24)11-16)13-27(23(19)26-14)12-15-4-2-7-18(25)10-15/h2-11,13H,12H2,1H3. The van der Waals surface area contributed by atoms with E-state index in [1.807, 2.05) is 6.92 Å². The van der Waals surface area contributed by atoms with E-state index in [-0.39, 0.29) is 17.9 Å². The van der Waals surface area contributed by atoms with Crippen LogP contribution in [0, 0.1) is 12.7 Å². The van der Waals surface area contributed by atoms with Gasteiger partial charge < -0.3 is 4.57 Å². The molecule has 4 rings (SSSR count). The molecular weight excluding hydrogens is 391 g/mol. The largest absolute Gasteiger partial charge is 0.327 e. The highest BCUT2D eigenvalue weighted by Gasteiger charge is 2.18. The third-order valence-corrected chi connectivity index (χ3v) is 4.87. The van der Waals surface area contributed by atoms with Crippen molar-refractivity contribution in [2.75, 3.05) is 0 Å². The van der Waals surface area contributed by atoms with E-state index in [4.69, 9.17) is 11.6 Å². The van der Waals surface area contributed by atoms with Gasteiger partial charge in [-0.25, -0.2) is 9.37 Å². The van der Waals surface area contributed by atoms with Crippen LogP contribution in [0.15, 0.2) is 71.7 Å². The summed E-state index contributed by atoms with van der Waals surface area (Å²) in [4.78, 5) is 30.5. The number of hydrogen-bond acceptors (Lipinski definition) is 3. The third-order valence-electron chi connectivity index (χ3n) is 4.63. The molecule has 0 atom stereocenters. The van der Waals surface area contributed by atoms with E-state index in [0.29, 0.717) is 27.2 Å². The fraction of sp³-hybridized carbons (Fsp3) is 0.0870. The average Bonchev–Trinajstić information content (AvgIpc) is 2.69. The molecule has 0 aliphatic carbocycles. The molecule has 0 unspecified atom stereocenters. The van der Waals surface area contributed by atoms with Crippen molar-refractivity contribution in [3.63, 3.8) is 0 Å². The van der Waals surface area contributed by atoms with Crippen LogP contribution >= 0.6 is 11.6 Å². The topological polar surface area (TPSA) is 52.0 Å². The first kappa shape index (κ1) is 19.0. The van der Waals surface area contributed by atoms with Crippen molar-refractivity contribution in [3.8, 4) is 0 Å². The third kappa shape index (κ3) is 3.82. The summed E-state index contributed by atoms with van der Waals surface area (Å²) in [6, 6.07) is 16.0. The van der Waals surface area contributed by atoms with Crippen LogP contribution in [-0.4, -0.2) is 15.3 Å². The molecule has 0 saturated heterocycles. The molecule has 6 heteroatoms.